The number of ether oxygens (including phenoxy) is 1. The molecular weight excluding hydrogens is 663 g/mol. The first-order chi connectivity index (χ1) is 24.5. The molecule has 2 saturated heterocycles. The number of pyridine rings is 1. The van der Waals surface area contributed by atoms with E-state index in [1.807, 2.05) is 36.4 Å². The van der Waals surface area contributed by atoms with Gasteiger partial charge in [0, 0.05) is 70.2 Å². The monoisotopic (exact) mass is 701 g/mol. The molecule has 1 aromatic heterocycles. The molecule has 0 radical (unpaired) electrons. The SMILES string of the molecule is CNC(=O)c1ccccc1Nc1cc(Nc2ccc(N3CCN(Cc4ccccc4C4CCC(=O)NC4=O)CC3)cc2OC)ncc1C(F)(F)F. The van der Waals surface area contributed by atoms with Crippen LogP contribution in [0.4, 0.5) is 41.7 Å². The number of carbonyl (C=O) groups excluding carboxylic acids is 3. The van der Waals surface area contributed by atoms with Crippen molar-refractivity contribution in [2.45, 2.75) is 31.5 Å². The van der Waals surface area contributed by atoms with Gasteiger partial charge in [-0.2, -0.15) is 13.2 Å². The highest BCUT2D eigenvalue weighted by Gasteiger charge is 2.35. The third-order valence-corrected chi connectivity index (χ3v) is 9.13. The molecule has 0 bridgehead atoms. The number of anilines is 5. The Balaban J connectivity index is 1.14. The van der Waals surface area contributed by atoms with Gasteiger partial charge in [0.15, 0.2) is 0 Å². The van der Waals surface area contributed by atoms with Gasteiger partial charge in [-0.05, 0) is 41.8 Å². The number of hydrogen-bond donors (Lipinski definition) is 4. The topological polar surface area (TPSA) is 128 Å². The number of hydrogen-bond acceptors (Lipinski definition) is 9. The number of aromatic nitrogens is 1. The van der Waals surface area contributed by atoms with Crippen molar-refractivity contribution in [3.05, 3.63) is 101 Å². The van der Waals surface area contributed by atoms with Crippen molar-refractivity contribution in [3.8, 4) is 5.75 Å². The van der Waals surface area contributed by atoms with Crippen LogP contribution in [0.25, 0.3) is 0 Å². The number of nitrogens with zero attached hydrogens (tertiary/aromatic N) is 3. The van der Waals surface area contributed by atoms with Crippen molar-refractivity contribution < 1.29 is 32.3 Å². The van der Waals surface area contributed by atoms with Crippen molar-refractivity contribution in [2.75, 3.05) is 55.9 Å². The summed E-state index contributed by atoms with van der Waals surface area (Å²) in [5.74, 6) is -0.642. The minimum absolute atomic E-state index is 0.139. The van der Waals surface area contributed by atoms with Crippen LogP contribution in [0.1, 0.15) is 45.8 Å². The van der Waals surface area contributed by atoms with Gasteiger partial charge >= 0.3 is 6.18 Å². The van der Waals surface area contributed by atoms with E-state index < -0.39 is 17.6 Å². The molecule has 3 amide bonds. The predicted octanol–water partition coefficient (Wildman–Crippen LogP) is 5.80. The highest BCUT2D eigenvalue weighted by Crippen LogP contribution is 2.39. The van der Waals surface area contributed by atoms with Gasteiger partial charge in [-0.1, -0.05) is 36.4 Å². The standard InChI is InChI=1S/C37H38F3N7O4/c1-41-35(49)27-9-5-6-10-29(27)43-31-20-33(42-21-28(31)37(38,39)40)44-30-13-11-24(19-32(30)51-2)47-17-15-46(16-18-47)22-23-7-3-4-8-25(23)26-12-14-34(48)45-36(26)50/h3-11,13,19-21,26H,12,14-18,22H2,1-2H3,(H,41,49)(H2,42,43,44)(H,45,48,50). The zero-order valence-corrected chi connectivity index (χ0v) is 28.1. The highest BCUT2D eigenvalue weighted by molar-refractivity contribution is 6.01. The molecule has 3 heterocycles. The molecule has 2 fully saturated rings. The first-order valence-corrected chi connectivity index (χ1v) is 16.5. The summed E-state index contributed by atoms with van der Waals surface area (Å²) in [5, 5.41) is 10.8. The molecule has 4 aromatic rings. The maximum Gasteiger partial charge on any atom is 0.419 e. The van der Waals surface area contributed by atoms with Gasteiger partial charge in [-0.25, -0.2) is 4.98 Å². The number of alkyl halides is 3. The van der Waals surface area contributed by atoms with Crippen molar-refractivity contribution in [1.29, 1.82) is 0 Å². The van der Waals surface area contributed by atoms with Crippen LogP contribution in [0.2, 0.25) is 0 Å². The number of methoxy groups -OCH3 is 1. The largest absolute Gasteiger partial charge is 0.494 e. The number of piperidine rings is 1. The summed E-state index contributed by atoms with van der Waals surface area (Å²) in [5.41, 5.74) is 2.60. The maximum atomic E-state index is 14.0. The number of imide groups is 1. The van der Waals surface area contributed by atoms with Crippen molar-refractivity contribution in [1.82, 2.24) is 20.5 Å². The number of halogens is 3. The van der Waals surface area contributed by atoms with E-state index in [1.165, 1.54) is 32.4 Å². The van der Waals surface area contributed by atoms with Crippen LogP contribution < -0.4 is 30.9 Å². The number of rotatable bonds is 10. The fraction of sp³-hybridized carbons (Fsp3) is 0.297. The fourth-order valence-electron chi connectivity index (χ4n) is 6.45. The van der Waals surface area contributed by atoms with Crippen LogP contribution >= 0.6 is 0 Å². The lowest BCUT2D eigenvalue weighted by atomic mass is 9.87. The van der Waals surface area contributed by atoms with Gasteiger partial charge in [0.2, 0.25) is 11.8 Å². The van der Waals surface area contributed by atoms with Gasteiger partial charge in [0.1, 0.15) is 11.6 Å². The molecule has 266 valence electrons. The summed E-state index contributed by atoms with van der Waals surface area (Å²) in [4.78, 5) is 45.2. The molecule has 2 aliphatic heterocycles. The lowest BCUT2D eigenvalue weighted by Gasteiger charge is -2.37. The molecule has 11 nitrogen and oxygen atoms in total. The zero-order valence-electron chi connectivity index (χ0n) is 28.1. The highest BCUT2D eigenvalue weighted by atomic mass is 19.4. The summed E-state index contributed by atoms with van der Waals surface area (Å²) >= 11 is 0. The summed E-state index contributed by atoms with van der Waals surface area (Å²) in [6.45, 7) is 3.72. The Labute approximate surface area is 293 Å². The van der Waals surface area contributed by atoms with E-state index in [-0.39, 0.29) is 40.5 Å². The first-order valence-electron chi connectivity index (χ1n) is 16.5. The quantitative estimate of drug-likeness (QED) is 0.152. The van der Waals surface area contributed by atoms with Crippen LogP contribution in [-0.2, 0) is 22.3 Å². The summed E-state index contributed by atoms with van der Waals surface area (Å²) < 4.78 is 47.7. The van der Waals surface area contributed by atoms with Gasteiger partial charge in [-0.3, -0.25) is 24.6 Å². The Morgan fingerprint density at radius 1 is 0.941 bits per heavy atom. The lowest BCUT2D eigenvalue weighted by Crippen LogP contribution is -2.46. The zero-order chi connectivity index (χ0) is 36.1. The number of piperazine rings is 1. The molecule has 1 unspecified atom stereocenters. The molecule has 4 N–H and O–H groups in total. The van der Waals surface area contributed by atoms with E-state index in [9.17, 15) is 27.6 Å². The van der Waals surface area contributed by atoms with Crippen molar-refractivity contribution in [2.24, 2.45) is 0 Å². The Morgan fingerprint density at radius 2 is 1.69 bits per heavy atom. The van der Waals surface area contributed by atoms with Gasteiger partial charge in [0.05, 0.1) is 41.2 Å². The van der Waals surface area contributed by atoms with Crippen molar-refractivity contribution >= 4 is 46.3 Å². The molecule has 2 aliphatic rings. The van der Waals surface area contributed by atoms with Crippen LogP contribution in [0.3, 0.4) is 0 Å². The van der Waals surface area contributed by atoms with E-state index in [0.717, 1.165) is 49.2 Å². The third-order valence-electron chi connectivity index (χ3n) is 9.13. The summed E-state index contributed by atoms with van der Waals surface area (Å²) in [6.07, 6.45) is -3.12. The number of nitrogens with one attached hydrogen (secondary N) is 4. The predicted molar refractivity (Wildman–Crippen MR) is 188 cm³/mol. The molecular formula is C37H38F3N7O4. The summed E-state index contributed by atoms with van der Waals surface area (Å²) in [6, 6.07) is 21.0. The average Bonchev–Trinajstić information content (AvgIpc) is 3.12. The van der Waals surface area contributed by atoms with Crippen LogP contribution in [0.5, 0.6) is 5.75 Å². The van der Waals surface area contributed by atoms with Gasteiger partial charge in [-0.15, -0.1) is 0 Å². The van der Waals surface area contributed by atoms with E-state index in [0.29, 0.717) is 30.8 Å². The molecule has 14 heteroatoms. The Hall–Kier alpha value is -5.63. The Kier molecular flexibility index (Phi) is 10.4. The molecule has 0 saturated carbocycles. The minimum atomic E-state index is -4.70. The van der Waals surface area contributed by atoms with Crippen LogP contribution in [-0.4, -0.2) is 67.9 Å². The van der Waals surface area contributed by atoms with E-state index in [2.05, 4.69) is 36.1 Å². The first kappa shape index (κ1) is 35.2. The Morgan fingerprint density at radius 3 is 2.41 bits per heavy atom. The van der Waals surface area contributed by atoms with Gasteiger partial charge < -0.3 is 25.6 Å². The fourth-order valence-corrected chi connectivity index (χ4v) is 6.45. The average molecular weight is 702 g/mol. The molecule has 1 atom stereocenters. The number of benzene rings is 3. The lowest BCUT2D eigenvalue weighted by molar-refractivity contribution is -0.137. The smallest absolute Gasteiger partial charge is 0.419 e. The molecule has 0 spiro atoms. The second kappa shape index (κ2) is 15.1. The number of carbonyl (C=O) groups is 3. The third kappa shape index (κ3) is 8.07. The van der Waals surface area contributed by atoms with E-state index in [4.69, 9.17) is 4.74 Å². The molecule has 3 aromatic carbocycles. The van der Waals surface area contributed by atoms with E-state index in [1.54, 1.807) is 18.2 Å². The molecule has 51 heavy (non-hydrogen) atoms. The summed E-state index contributed by atoms with van der Waals surface area (Å²) in [7, 11) is 2.96. The van der Waals surface area contributed by atoms with Crippen LogP contribution in [0.15, 0.2) is 79.0 Å². The Bertz CT molecular complexity index is 1930. The number of amides is 3. The van der Waals surface area contributed by atoms with Crippen molar-refractivity contribution in [3.63, 3.8) is 0 Å². The van der Waals surface area contributed by atoms with Gasteiger partial charge in [0.25, 0.3) is 5.91 Å². The number of para-hydroxylation sites is 1. The normalized spacial score (nSPS) is 16.7. The van der Waals surface area contributed by atoms with E-state index >= 15 is 0 Å². The second-order valence-electron chi connectivity index (χ2n) is 12.3. The molecule has 0 aliphatic carbocycles. The maximum absolute atomic E-state index is 14.0. The second-order valence-corrected chi connectivity index (χ2v) is 12.3. The molecule has 6 rings (SSSR count). The van der Waals surface area contributed by atoms with Crippen LogP contribution in [0, 0.1) is 0 Å². The minimum Gasteiger partial charge on any atom is -0.494 e.